The van der Waals surface area contributed by atoms with Gasteiger partial charge in [0, 0.05) is 11.1 Å². The second-order valence-electron chi connectivity index (χ2n) is 6.15. The third-order valence-corrected chi connectivity index (χ3v) is 4.59. The second-order valence-corrected chi connectivity index (χ2v) is 6.15. The first kappa shape index (κ1) is 15.9. The molecule has 0 amide bonds. The fourth-order valence-electron chi connectivity index (χ4n) is 3.39. The first-order chi connectivity index (χ1) is 12.9. The topological polar surface area (TPSA) is 0 Å². The highest BCUT2D eigenvalue weighted by atomic mass is 14.2. The van der Waals surface area contributed by atoms with Crippen molar-refractivity contribution in [2.24, 2.45) is 0 Å². The van der Waals surface area contributed by atoms with E-state index in [2.05, 4.69) is 84.8 Å². The quantitative estimate of drug-likeness (QED) is 0.368. The molecular formula is C26H18. The second kappa shape index (κ2) is 7.13. The molecule has 0 aliphatic heterocycles. The summed E-state index contributed by atoms with van der Waals surface area (Å²) in [6, 6.07) is 35.5. The molecule has 0 bridgehead atoms. The predicted octanol–water partition coefficient (Wildman–Crippen LogP) is 6.67. The molecule has 4 rings (SSSR count). The van der Waals surface area contributed by atoms with Gasteiger partial charge in [-0.2, -0.15) is 0 Å². The normalized spacial score (nSPS) is 10.3. The molecule has 4 aromatic rings. The van der Waals surface area contributed by atoms with Crippen molar-refractivity contribution in [1.29, 1.82) is 0 Å². The summed E-state index contributed by atoms with van der Waals surface area (Å²) in [6.07, 6.45) is 5.87. The van der Waals surface area contributed by atoms with Crippen molar-refractivity contribution in [2.75, 3.05) is 0 Å². The molecule has 0 saturated carbocycles. The smallest absolute Gasteiger partial charge is 0.0327 e. The summed E-state index contributed by atoms with van der Waals surface area (Å²) in [7, 11) is 0. The summed E-state index contributed by atoms with van der Waals surface area (Å²) in [5.74, 6) is 2.88. The van der Waals surface area contributed by atoms with Crippen LogP contribution in [0.1, 0.15) is 5.56 Å². The lowest BCUT2D eigenvalue weighted by Crippen LogP contribution is -1.92. The van der Waals surface area contributed by atoms with E-state index >= 15 is 0 Å². The van der Waals surface area contributed by atoms with Crippen LogP contribution in [-0.2, 0) is 0 Å². The molecule has 4 aromatic carbocycles. The van der Waals surface area contributed by atoms with Gasteiger partial charge in [0.15, 0.2) is 0 Å². The van der Waals surface area contributed by atoms with E-state index in [4.69, 9.17) is 6.42 Å². The highest BCUT2D eigenvalue weighted by Crippen LogP contribution is 2.39. The maximum atomic E-state index is 5.87. The molecule has 0 radical (unpaired) electrons. The zero-order valence-electron chi connectivity index (χ0n) is 14.4. The molecule has 0 aromatic heterocycles. The van der Waals surface area contributed by atoms with Gasteiger partial charge in [0.1, 0.15) is 0 Å². The van der Waals surface area contributed by atoms with Crippen molar-refractivity contribution in [1.82, 2.24) is 0 Å². The van der Waals surface area contributed by atoms with Crippen LogP contribution in [-0.4, -0.2) is 0 Å². The van der Waals surface area contributed by atoms with E-state index in [1.165, 1.54) is 16.7 Å². The van der Waals surface area contributed by atoms with Gasteiger partial charge in [-0.05, 0) is 33.9 Å². The summed E-state index contributed by atoms with van der Waals surface area (Å²) in [5, 5.41) is 0. The van der Waals surface area contributed by atoms with E-state index in [9.17, 15) is 0 Å². The summed E-state index contributed by atoms with van der Waals surface area (Å²) < 4.78 is 0. The standard InChI is InChI=1S/C26H18/c1-2-20-16-11-19-24(22-14-7-4-8-15-22)26(20)25-18-10-9-17-23(25)21-12-5-3-6-13-21/h1,3-19H. The highest BCUT2D eigenvalue weighted by Gasteiger charge is 2.15. The van der Waals surface area contributed by atoms with Gasteiger partial charge in [0.25, 0.3) is 0 Å². The van der Waals surface area contributed by atoms with Crippen LogP contribution in [0, 0.1) is 12.3 Å². The number of rotatable bonds is 3. The molecule has 0 nitrogen and oxygen atoms in total. The summed E-state index contributed by atoms with van der Waals surface area (Å²) in [5.41, 5.74) is 7.88. The molecule has 0 heterocycles. The SMILES string of the molecule is C#Cc1cccc(-c2ccccc2)c1-c1ccccc1-c1ccccc1. The Kier molecular flexibility index (Phi) is 4.37. The molecule has 122 valence electrons. The van der Waals surface area contributed by atoms with Gasteiger partial charge in [-0.15, -0.1) is 6.42 Å². The third-order valence-electron chi connectivity index (χ3n) is 4.59. The van der Waals surface area contributed by atoms with Crippen molar-refractivity contribution >= 4 is 0 Å². The minimum absolute atomic E-state index is 0.912. The van der Waals surface area contributed by atoms with Gasteiger partial charge < -0.3 is 0 Å². The lowest BCUT2D eigenvalue weighted by atomic mass is 9.86. The number of hydrogen-bond acceptors (Lipinski definition) is 0. The Balaban J connectivity index is 2.03. The first-order valence-electron chi connectivity index (χ1n) is 8.68. The highest BCUT2D eigenvalue weighted by molar-refractivity contribution is 5.94. The van der Waals surface area contributed by atoms with E-state index in [0.717, 1.165) is 22.3 Å². The van der Waals surface area contributed by atoms with Gasteiger partial charge in [0.05, 0.1) is 0 Å². The minimum Gasteiger partial charge on any atom is -0.115 e. The fourth-order valence-corrected chi connectivity index (χ4v) is 3.39. The van der Waals surface area contributed by atoms with Gasteiger partial charge >= 0.3 is 0 Å². The van der Waals surface area contributed by atoms with E-state index in [0.29, 0.717) is 0 Å². The summed E-state index contributed by atoms with van der Waals surface area (Å²) >= 11 is 0. The molecule has 0 aliphatic rings. The summed E-state index contributed by atoms with van der Waals surface area (Å²) in [4.78, 5) is 0. The maximum Gasteiger partial charge on any atom is 0.0327 e. The average Bonchev–Trinajstić information content (AvgIpc) is 2.74. The Hall–Kier alpha value is -3.56. The Bertz CT molecular complexity index is 1070. The Morgan fingerprint density at radius 2 is 0.962 bits per heavy atom. The molecule has 0 aliphatic carbocycles. The molecule has 26 heavy (non-hydrogen) atoms. The first-order valence-corrected chi connectivity index (χ1v) is 8.68. The molecule has 0 N–H and O–H groups in total. The van der Waals surface area contributed by atoms with E-state index in [1.54, 1.807) is 0 Å². The zero-order valence-corrected chi connectivity index (χ0v) is 14.4. The van der Waals surface area contributed by atoms with E-state index in [-0.39, 0.29) is 0 Å². The summed E-state index contributed by atoms with van der Waals surface area (Å²) in [6.45, 7) is 0. The number of hydrogen-bond donors (Lipinski definition) is 0. The lowest BCUT2D eigenvalue weighted by molar-refractivity contribution is 1.54. The van der Waals surface area contributed by atoms with E-state index in [1.807, 2.05) is 24.3 Å². The van der Waals surface area contributed by atoms with Crippen LogP contribution in [0.15, 0.2) is 103 Å². The van der Waals surface area contributed by atoms with Crippen LogP contribution in [0.25, 0.3) is 33.4 Å². The maximum absolute atomic E-state index is 5.87. The zero-order chi connectivity index (χ0) is 17.8. The van der Waals surface area contributed by atoms with E-state index < -0.39 is 0 Å². The fraction of sp³-hybridized carbons (Fsp3) is 0. The Morgan fingerprint density at radius 3 is 1.58 bits per heavy atom. The van der Waals surface area contributed by atoms with Gasteiger partial charge in [-0.25, -0.2) is 0 Å². The number of benzene rings is 4. The van der Waals surface area contributed by atoms with Crippen molar-refractivity contribution in [2.45, 2.75) is 0 Å². The largest absolute Gasteiger partial charge is 0.115 e. The van der Waals surface area contributed by atoms with Crippen molar-refractivity contribution in [3.05, 3.63) is 109 Å². The van der Waals surface area contributed by atoms with Crippen LogP contribution < -0.4 is 0 Å². The number of terminal acetylenes is 1. The molecule has 0 saturated heterocycles. The van der Waals surface area contributed by atoms with Gasteiger partial charge in [-0.3, -0.25) is 0 Å². The lowest BCUT2D eigenvalue weighted by Gasteiger charge is -2.16. The Morgan fingerprint density at radius 1 is 0.462 bits per heavy atom. The van der Waals surface area contributed by atoms with Crippen LogP contribution in [0.2, 0.25) is 0 Å². The van der Waals surface area contributed by atoms with Crippen LogP contribution in [0.4, 0.5) is 0 Å². The molecule has 0 fully saturated rings. The molecule has 0 atom stereocenters. The molecule has 0 spiro atoms. The minimum atomic E-state index is 0.912. The molecule has 0 heteroatoms. The van der Waals surface area contributed by atoms with Crippen molar-refractivity contribution in [3.63, 3.8) is 0 Å². The monoisotopic (exact) mass is 330 g/mol. The third kappa shape index (κ3) is 2.92. The molecular weight excluding hydrogens is 312 g/mol. The average molecular weight is 330 g/mol. The Labute approximate surface area is 154 Å². The van der Waals surface area contributed by atoms with Gasteiger partial charge in [-0.1, -0.05) is 103 Å². The van der Waals surface area contributed by atoms with Gasteiger partial charge in [0.2, 0.25) is 0 Å². The van der Waals surface area contributed by atoms with Crippen LogP contribution in [0.5, 0.6) is 0 Å². The van der Waals surface area contributed by atoms with Crippen LogP contribution >= 0.6 is 0 Å². The van der Waals surface area contributed by atoms with Crippen molar-refractivity contribution < 1.29 is 0 Å². The van der Waals surface area contributed by atoms with Crippen molar-refractivity contribution in [3.8, 4) is 45.7 Å². The molecule has 0 unspecified atom stereocenters. The predicted molar refractivity (Wildman–Crippen MR) is 111 cm³/mol. The van der Waals surface area contributed by atoms with Crippen LogP contribution in [0.3, 0.4) is 0 Å².